The summed E-state index contributed by atoms with van der Waals surface area (Å²) in [5, 5.41) is 13.1. The van der Waals surface area contributed by atoms with E-state index in [0.29, 0.717) is 31.7 Å². The van der Waals surface area contributed by atoms with Crippen molar-refractivity contribution in [3.05, 3.63) is 101 Å². The van der Waals surface area contributed by atoms with E-state index in [4.69, 9.17) is 0 Å². The van der Waals surface area contributed by atoms with Gasteiger partial charge in [-0.3, -0.25) is 14.9 Å². The van der Waals surface area contributed by atoms with Crippen LogP contribution in [0.15, 0.2) is 78.9 Å². The number of para-hydroxylation sites is 1. The Morgan fingerprint density at radius 2 is 1.63 bits per heavy atom. The lowest BCUT2D eigenvalue weighted by molar-refractivity contribution is -0.139. The Labute approximate surface area is 213 Å². The number of aryl methyl sites for hydroxylation is 1. The average molecular weight is 493 g/mol. The summed E-state index contributed by atoms with van der Waals surface area (Å²) < 4.78 is 0. The molecule has 3 aromatic carbocycles. The van der Waals surface area contributed by atoms with Crippen LogP contribution in [-0.4, -0.2) is 29.1 Å². The molecule has 6 heteroatoms. The Morgan fingerprint density at radius 3 is 2.29 bits per heavy atom. The highest BCUT2D eigenvalue weighted by Crippen LogP contribution is 2.29. The molecular formula is C29H33ClN2O3. The number of anilines is 1. The van der Waals surface area contributed by atoms with Gasteiger partial charge in [0, 0.05) is 5.69 Å². The minimum absolute atomic E-state index is 0. The number of halogens is 1. The van der Waals surface area contributed by atoms with Crippen molar-refractivity contribution in [2.24, 2.45) is 0 Å². The molecule has 1 aliphatic heterocycles. The number of carboxylic acid groups (broad SMARTS) is 1. The van der Waals surface area contributed by atoms with Crippen LogP contribution in [0.25, 0.3) is 0 Å². The number of nitrogens with zero attached hydrogens (tertiary/aromatic N) is 1. The first kappa shape index (κ1) is 26.5. The maximum absolute atomic E-state index is 13.8. The summed E-state index contributed by atoms with van der Waals surface area (Å²) in [6, 6.07) is 24.5. The second-order valence-corrected chi connectivity index (χ2v) is 9.29. The van der Waals surface area contributed by atoms with Crippen LogP contribution in [0.4, 0.5) is 5.69 Å². The zero-order valence-electron chi connectivity index (χ0n) is 20.2. The molecule has 3 aromatic rings. The topological polar surface area (TPSA) is 69.6 Å². The van der Waals surface area contributed by atoms with Crippen LogP contribution in [0, 0.1) is 0 Å². The molecule has 0 spiro atoms. The molecule has 184 valence electrons. The van der Waals surface area contributed by atoms with E-state index in [1.54, 1.807) is 0 Å². The van der Waals surface area contributed by atoms with Gasteiger partial charge >= 0.3 is 5.97 Å². The number of carboxylic acids is 1. The molecule has 2 atom stereocenters. The van der Waals surface area contributed by atoms with Gasteiger partial charge in [-0.15, -0.1) is 12.4 Å². The molecule has 0 aliphatic carbocycles. The van der Waals surface area contributed by atoms with Gasteiger partial charge in [-0.1, -0.05) is 86.6 Å². The molecular weight excluding hydrogens is 460 g/mol. The van der Waals surface area contributed by atoms with Crippen LogP contribution in [-0.2, 0) is 29.0 Å². The number of carbonyl (C=O) groups excluding carboxylic acids is 1. The fourth-order valence-electron chi connectivity index (χ4n) is 4.53. The second kappa shape index (κ2) is 12.0. The van der Waals surface area contributed by atoms with Crippen LogP contribution in [0.2, 0.25) is 0 Å². The summed E-state index contributed by atoms with van der Waals surface area (Å²) in [6.07, 6.45) is 1.58. The van der Waals surface area contributed by atoms with Gasteiger partial charge in [-0.2, -0.15) is 0 Å². The fourth-order valence-corrected chi connectivity index (χ4v) is 4.53. The first-order valence-electron chi connectivity index (χ1n) is 11.9. The molecule has 0 unspecified atom stereocenters. The first-order valence-corrected chi connectivity index (χ1v) is 11.9. The van der Waals surface area contributed by atoms with Crippen LogP contribution < -0.4 is 10.2 Å². The van der Waals surface area contributed by atoms with Gasteiger partial charge in [0.15, 0.2) is 0 Å². The van der Waals surface area contributed by atoms with E-state index in [1.165, 1.54) is 5.56 Å². The van der Waals surface area contributed by atoms with Gasteiger partial charge < -0.3 is 10.0 Å². The third kappa shape index (κ3) is 6.50. The Bertz CT molecular complexity index is 1130. The van der Waals surface area contributed by atoms with Crippen molar-refractivity contribution >= 4 is 30.0 Å². The summed E-state index contributed by atoms with van der Waals surface area (Å²) >= 11 is 0. The normalized spacial score (nSPS) is 16.3. The van der Waals surface area contributed by atoms with E-state index in [1.807, 2.05) is 53.4 Å². The highest BCUT2D eigenvalue weighted by Gasteiger charge is 2.33. The maximum atomic E-state index is 13.8. The molecule has 0 radical (unpaired) electrons. The molecule has 0 bridgehead atoms. The molecule has 1 aliphatic rings. The smallest absolute Gasteiger partial charge is 0.321 e. The summed E-state index contributed by atoms with van der Waals surface area (Å²) in [4.78, 5) is 27.6. The quantitative estimate of drug-likeness (QED) is 0.444. The van der Waals surface area contributed by atoms with E-state index in [9.17, 15) is 14.7 Å². The van der Waals surface area contributed by atoms with E-state index < -0.39 is 18.1 Å². The predicted octanol–water partition coefficient (Wildman–Crippen LogP) is 5.37. The number of rotatable bonds is 8. The average Bonchev–Trinajstić information content (AvgIpc) is 2.97. The van der Waals surface area contributed by atoms with Crippen molar-refractivity contribution in [1.82, 2.24) is 5.32 Å². The lowest BCUT2D eigenvalue weighted by Crippen LogP contribution is -2.52. The van der Waals surface area contributed by atoms with Crippen LogP contribution >= 0.6 is 12.4 Å². The van der Waals surface area contributed by atoms with Gasteiger partial charge in [-0.25, -0.2) is 0 Å². The molecule has 0 fully saturated rings. The number of carbonyl (C=O) groups is 2. The molecule has 2 N–H and O–H groups in total. The molecule has 0 saturated heterocycles. The van der Waals surface area contributed by atoms with Gasteiger partial charge in [0.05, 0.1) is 12.6 Å². The third-order valence-corrected chi connectivity index (χ3v) is 6.52. The highest BCUT2D eigenvalue weighted by atomic mass is 35.5. The Kier molecular flexibility index (Phi) is 9.07. The zero-order chi connectivity index (χ0) is 24.1. The Balaban J connectivity index is 0.00000342. The monoisotopic (exact) mass is 492 g/mol. The summed E-state index contributed by atoms with van der Waals surface area (Å²) in [6.45, 7) is 4.77. The van der Waals surface area contributed by atoms with Crippen molar-refractivity contribution in [3.8, 4) is 0 Å². The zero-order valence-corrected chi connectivity index (χ0v) is 21.0. The Hall–Kier alpha value is -3.15. The highest BCUT2D eigenvalue weighted by molar-refractivity contribution is 5.99. The fraction of sp³-hybridized carbons (Fsp3) is 0.310. The lowest BCUT2D eigenvalue weighted by Gasteiger charge is -2.28. The minimum Gasteiger partial charge on any atom is -0.480 e. The van der Waals surface area contributed by atoms with Gasteiger partial charge in [-0.05, 0) is 53.5 Å². The molecule has 0 saturated carbocycles. The summed E-state index contributed by atoms with van der Waals surface area (Å²) in [5.41, 5.74) is 5.24. The van der Waals surface area contributed by atoms with Crippen molar-refractivity contribution in [2.45, 2.75) is 57.7 Å². The standard InChI is InChI=1S/C29H32N2O3.ClH/c1-20(2)23-14-12-22(13-15-23)19-31-27-11-7-6-10-24(27)16-17-25(28(31)32)30-26(29(33)34)18-21-8-4-3-5-9-21;/h3-15,20,25-26,30H,16-19H2,1-2H3,(H,33,34);1H/t25-,26-;/m0./s1. The number of hydrogen-bond donors (Lipinski definition) is 2. The molecule has 1 heterocycles. The van der Waals surface area contributed by atoms with Gasteiger partial charge in [0.25, 0.3) is 0 Å². The first-order chi connectivity index (χ1) is 16.4. The number of hydrogen-bond acceptors (Lipinski definition) is 3. The van der Waals surface area contributed by atoms with E-state index in [2.05, 4.69) is 49.5 Å². The molecule has 4 rings (SSSR count). The lowest BCUT2D eigenvalue weighted by atomic mass is 10.0. The van der Waals surface area contributed by atoms with Gasteiger partial charge in [0.2, 0.25) is 5.91 Å². The number of nitrogens with one attached hydrogen (secondary N) is 1. The van der Waals surface area contributed by atoms with Crippen molar-refractivity contribution < 1.29 is 14.7 Å². The van der Waals surface area contributed by atoms with Gasteiger partial charge in [0.1, 0.15) is 6.04 Å². The van der Waals surface area contributed by atoms with Crippen molar-refractivity contribution in [2.75, 3.05) is 4.90 Å². The second-order valence-electron chi connectivity index (χ2n) is 9.29. The molecule has 0 aromatic heterocycles. The number of fused-ring (bicyclic) bond motifs is 1. The van der Waals surface area contributed by atoms with E-state index in [0.717, 1.165) is 22.4 Å². The third-order valence-electron chi connectivity index (χ3n) is 6.52. The predicted molar refractivity (Wildman–Crippen MR) is 142 cm³/mol. The summed E-state index contributed by atoms with van der Waals surface area (Å²) in [5.74, 6) is -0.591. The van der Waals surface area contributed by atoms with Crippen LogP contribution in [0.1, 0.15) is 48.4 Å². The number of benzene rings is 3. The van der Waals surface area contributed by atoms with E-state index in [-0.39, 0.29) is 18.3 Å². The Morgan fingerprint density at radius 1 is 0.971 bits per heavy atom. The van der Waals surface area contributed by atoms with Crippen LogP contribution in [0.5, 0.6) is 0 Å². The van der Waals surface area contributed by atoms with E-state index >= 15 is 0 Å². The van der Waals surface area contributed by atoms with Crippen LogP contribution in [0.3, 0.4) is 0 Å². The molecule has 1 amide bonds. The number of aliphatic carboxylic acids is 1. The SMILES string of the molecule is CC(C)c1ccc(CN2C(=O)[C@@H](N[C@@H](Cc3ccccc3)C(=O)O)CCc3ccccc32)cc1.Cl. The van der Waals surface area contributed by atoms with Crippen molar-refractivity contribution in [3.63, 3.8) is 0 Å². The summed E-state index contributed by atoms with van der Waals surface area (Å²) in [7, 11) is 0. The van der Waals surface area contributed by atoms with Crippen molar-refractivity contribution in [1.29, 1.82) is 0 Å². The maximum Gasteiger partial charge on any atom is 0.321 e. The largest absolute Gasteiger partial charge is 0.480 e. The molecule has 5 nitrogen and oxygen atoms in total. The molecule has 35 heavy (non-hydrogen) atoms. The number of amides is 1. The minimum atomic E-state index is -0.950.